The Labute approximate surface area is 85.0 Å². The molecule has 1 rings (SSSR count). The van der Waals surface area contributed by atoms with Gasteiger partial charge in [-0.15, -0.1) is 0 Å². The zero-order valence-corrected chi connectivity index (χ0v) is 8.77. The summed E-state index contributed by atoms with van der Waals surface area (Å²) >= 11 is 0. The van der Waals surface area contributed by atoms with Crippen LogP contribution in [0.25, 0.3) is 0 Å². The first-order valence-electron chi connectivity index (χ1n) is 4.91. The van der Waals surface area contributed by atoms with E-state index in [1.54, 1.807) is 0 Å². The molecule has 0 heterocycles. The number of nitrogens with zero attached hydrogens (tertiary/aromatic N) is 1. The molecular weight excluding hydrogens is 174 g/mol. The zero-order chi connectivity index (χ0) is 10.6. The van der Waals surface area contributed by atoms with Crippen molar-refractivity contribution in [3.63, 3.8) is 0 Å². The molecule has 0 aliphatic heterocycles. The van der Waals surface area contributed by atoms with Crippen molar-refractivity contribution in [3.05, 3.63) is 35.9 Å². The fraction of sp³-hybridized carbons (Fsp3) is 0.455. The summed E-state index contributed by atoms with van der Waals surface area (Å²) in [6.07, 6.45) is 0.907. The molecular formula is C11H18N3+. The van der Waals surface area contributed by atoms with Crippen molar-refractivity contribution >= 4 is 0 Å². The van der Waals surface area contributed by atoms with Gasteiger partial charge in [-0.05, 0) is 16.3 Å². The smallest absolute Gasteiger partial charge is 0.186 e. The molecule has 0 radical (unpaired) electrons. The summed E-state index contributed by atoms with van der Waals surface area (Å²) in [5, 5.41) is 0. The maximum atomic E-state index is 7.48. The number of hydrogen-bond donors (Lipinski definition) is 2. The van der Waals surface area contributed by atoms with Crippen LogP contribution in [0.15, 0.2) is 30.3 Å². The Hall–Kier alpha value is -1.38. The Morgan fingerprint density at radius 1 is 1.29 bits per heavy atom. The summed E-state index contributed by atoms with van der Waals surface area (Å²) < 4.78 is 0. The maximum absolute atomic E-state index is 7.48. The van der Waals surface area contributed by atoms with Crippen LogP contribution in [0.3, 0.4) is 0 Å². The molecule has 0 bridgehead atoms. The lowest BCUT2D eigenvalue weighted by molar-refractivity contribution is -0.667. The first-order chi connectivity index (χ1) is 6.61. The third kappa shape index (κ3) is 2.83. The molecule has 14 heavy (non-hydrogen) atoms. The van der Waals surface area contributed by atoms with Crippen LogP contribution in [0.4, 0.5) is 0 Å². The fourth-order valence-corrected chi connectivity index (χ4v) is 1.53. The molecule has 0 amide bonds. The Morgan fingerprint density at radius 3 is 2.29 bits per heavy atom. The zero-order valence-electron chi connectivity index (χ0n) is 8.77. The SMILES string of the molecule is CC(C)C[C@H](c1ccccc1)[N+](=N)N. The van der Waals surface area contributed by atoms with Gasteiger partial charge < -0.3 is 0 Å². The van der Waals surface area contributed by atoms with Gasteiger partial charge in [0.2, 0.25) is 6.04 Å². The molecule has 3 heteroatoms. The van der Waals surface area contributed by atoms with Gasteiger partial charge in [-0.2, -0.15) is 5.84 Å². The molecule has 0 saturated heterocycles. The van der Waals surface area contributed by atoms with E-state index >= 15 is 0 Å². The lowest BCUT2D eigenvalue weighted by Crippen LogP contribution is -2.23. The number of benzene rings is 1. The van der Waals surface area contributed by atoms with Crippen LogP contribution in [0, 0.1) is 11.4 Å². The summed E-state index contributed by atoms with van der Waals surface area (Å²) in [4.78, 5) is 1.05. The Balaban J connectivity index is 2.84. The molecule has 0 aliphatic carbocycles. The highest BCUT2D eigenvalue weighted by Gasteiger charge is 2.22. The minimum Gasteiger partial charge on any atom is -0.186 e. The predicted molar refractivity (Wildman–Crippen MR) is 55.8 cm³/mol. The fourth-order valence-electron chi connectivity index (χ4n) is 1.53. The molecule has 0 unspecified atom stereocenters. The van der Waals surface area contributed by atoms with Gasteiger partial charge in [0.1, 0.15) is 0 Å². The minimum atomic E-state index is -0.00352. The third-order valence-corrected chi connectivity index (χ3v) is 2.21. The van der Waals surface area contributed by atoms with Gasteiger partial charge in [0.05, 0.1) is 0 Å². The Bertz CT molecular complexity index is 293. The average molecular weight is 192 g/mol. The number of hydrogen-bond acceptors (Lipinski definition) is 1. The van der Waals surface area contributed by atoms with Crippen LogP contribution >= 0.6 is 0 Å². The van der Waals surface area contributed by atoms with E-state index in [2.05, 4.69) is 13.8 Å². The largest absolute Gasteiger partial charge is 0.233 e. The van der Waals surface area contributed by atoms with E-state index < -0.39 is 0 Å². The van der Waals surface area contributed by atoms with Gasteiger partial charge in [0.25, 0.3) is 0 Å². The van der Waals surface area contributed by atoms with Crippen molar-refractivity contribution in [2.45, 2.75) is 26.3 Å². The van der Waals surface area contributed by atoms with E-state index in [-0.39, 0.29) is 6.04 Å². The summed E-state index contributed by atoms with van der Waals surface area (Å²) in [6.45, 7) is 4.28. The van der Waals surface area contributed by atoms with Crippen molar-refractivity contribution < 1.29 is 4.81 Å². The summed E-state index contributed by atoms with van der Waals surface area (Å²) in [7, 11) is 0. The van der Waals surface area contributed by atoms with Gasteiger partial charge in [-0.25, -0.2) is 0 Å². The third-order valence-electron chi connectivity index (χ3n) is 2.21. The van der Waals surface area contributed by atoms with Crippen LogP contribution in [0.2, 0.25) is 0 Å². The van der Waals surface area contributed by atoms with Crippen LogP contribution < -0.4 is 5.84 Å². The molecule has 0 aromatic heterocycles. The monoisotopic (exact) mass is 192 g/mol. The number of rotatable bonds is 4. The highest BCUT2D eigenvalue weighted by Crippen LogP contribution is 2.22. The standard InChI is InChI=1S/C11H18N3/c1-9(2)8-11(14(12)13)10-6-4-3-5-7-10/h3-7,9,11H,8H2,1-2H3,(H3,12,13)/q+1/t11-/m1/s1. The second-order valence-corrected chi connectivity index (χ2v) is 3.96. The van der Waals surface area contributed by atoms with Crippen LogP contribution in [0.1, 0.15) is 31.9 Å². The van der Waals surface area contributed by atoms with E-state index in [0.29, 0.717) is 5.92 Å². The predicted octanol–water partition coefficient (Wildman–Crippen LogP) is 2.69. The van der Waals surface area contributed by atoms with Gasteiger partial charge in [-0.1, -0.05) is 44.2 Å². The summed E-state index contributed by atoms with van der Waals surface area (Å²) in [5.41, 5.74) is 8.59. The van der Waals surface area contributed by atoms with Gasteiger partial charge in [0, 0.05) is 12.0 Å². The average Bonchev–Trinajstić information content (AvgIpc) is 2.15. The van der Waals surface area contributed by atoms with Gasteiger partial charge in [-0.3, -0.25) is 0 Å². The first kappa shape index (κ1) is 10.7. The maximum Gasteiger partial charge on any atom is 0.233 e. The van der Waals surface area contributed by atoms with Gasteiger partial charge >= 0.3 is 0 Å². The molecule has 0 saturated carbocycles. The molecule has 0 aliphatic rings. The highest BCUT2D eigenvalue weighted by molar-refractivity contribution is 5.17. The molecule has 3 N–H and O–H groups in total. The second kappa shape index (κ2) is 4.74. The molecule has 1 aromatic rings. The van der Waals surface area contributed by atoms with E-state index in [1.807, 2.05) is 30.3 Å². The lowest BCUT2D eigenvalue weighted by Gasteiger charge is -2.11. The van der Waals surface area contributed by atoms with Crippen LogP contribution in [-0.2, 0) is 0 Å². The molecule has 1 aromatic carbocycles. The number of hydrazine groups is 1. The van der Waals surface area contributed by atoms with Crippen molar-refractivity contribution in [2.75, 3.05) is 0 Å². The normalized spacial score (nSPS) is 12.8. The molecule has 76 valence electrons. The molecule has 1 atom stereocenters. The topological polar surface area (TPSA) is 52.9 Å². The number of nitrogens with two attached hydrogens (primary N) is 1. The molecule has 0 spiro atoms. The second-order valence-electron chi connectivity index (χ2n) is 3.96. The minimum absolute atomic E-state index is 0.00352. The quantitative estimate of drug-likeness (QED) is 0.328. The Morgan fingerprint density at radius 2 is 1.86 bits per heavy atom. The van der Waals surface area contributed by atoms with Crippen molar-refractivity contribution in [1.82, 2.24) is 0 Å². The summed E-state index contributed by atoms with van der Waals surface area (Å²) in [5.74, 6) is 6.06. The van der Waals surface area contributed by atoms with Crippen LogP contribution in [0.5, 0.6) is 0 Å². The highest BCUT2D eigenvalue weighted by atomic mass is 15.4. The molecule has 0 fully saturated rings. The van der Waals surface area contributed by atoms with Crippen LogP contribution in [-0.4, -0.2) is 4.81 Å². The van der Waals surface area contributed by atoms with Gasteiger partial charge in [0.15, 0.2) is 0 Å². The lowest BCUT2D eigenvalue weighted by atomic mass is 9.97. The summed E-state index contributed by atoms with van der Waals surface area (Å²) in [6, 6.07) is 9.96. The van der Waals surface area contributed by atoms with Crippen molar-refractivity contribution in [2.24, 2.45) is 11.8 Å². The van der Waals surface area contributed by atoms with E-state index in [1.165, 1.54) is 0 Å². The van der Waals surface area contributed by atoms with Crippen molar-refractivity contribution in [1.29, 1.82) is 5.53 Å². The first-order valence-corrected chi connectivity index (χ1v) is 4.91. The van der Waals surface area contributed by atoms with E-state index in [4.69, 9.17) is 11.4 Å². The molecule has 3 nitrogen and oxygen atoms in total. The number of nitrogens with one attached hydrogen (secondary N) is 1. The van der Waals surface area contributed by atoms with Crippen molar-refractivity contribution in [3.8, 4) is 0 Å². The van der Waals surface area contributed by atoms with E-state index in [9.17, 15) is 0 Å². The van der Waals surface area contributed by atoms with E-state index in [0.717, 1.165) is 16.8 Å². The Kier molecular flexibility index (Phi) is 3.63.